The van der Waals surface area contributed by atoms with Gasteiger partial charge in [0.2, 0.25) is 0 Å². The van der Waals surface area contributed by atoms with Crippen molar-refractivity contribution in [1.29, 1.82) is 0 Å². The third-order valence-electron chi connectivity index (χ3n) is 4.55. The van der Waals surface area contributed by atoms with Gasteiger partial charge in [-0.3, -0.25) is 9.59 Å². The molecule has 0 spiro atoms. The minimum absolute atomic E-state index is 0.0176. The number of hydrogen-bond acceptors (Lipinski definition) is 3. The van der Waals surface area contributed by atoms with Gasteiger partial charge in [-0.2, -0.15) is 0 Å². The number of rotatable bonds is 2. The summed E-state index contributed by atoms with van der Waals surface area (Å²) in [6, 6.07) is 1.45. The Hall–Kier alpha value is -1.78. The first-order valence-corrected chi connectivity index (χ1v) is 7.71. The van der Waals surface area contributed by atoms with Gasteiger partial charge in [0.25, 0.3) is 11.5 Å². The lowest BCUT2D eigenvalue weighted by Crippen LogP contribution is -2.40. The Labute approximate surface area is 124 Å². The van der Waals surface area contributed by atoms with Gasteiger partial charge in [-0.1, -0.05) is 6.92 Å². The summed E-state index contributed by atoms with van der Waals surface area (Å²) in [5.74, 6) is 0.980. The van der Waals surface area contributed by atoms with Gasteiger partial charge >= 0.3 is 0 Å². The summed E-state index contributed by atoms with van der Waals surface area (Å²) in [4.78, 5) is 26.9. The second-order valence-electron chi connectivity index (χ2n) is 6.13. The van der Waals surface area contributed by atoms with E-state index in [9.17, 15) is 9.59 Å². The molecule has 1 fully saturated rings. The topological polar surface area (TPSA) is 51.5 Å². The maximum atomic E-state index is 12.9. The van der Waals surface area contributed by atoms with Crippen LogP contribution in [0.2, 0.25) is 0 Å². The zero-order valence-electron chi connectivity index (χ0n) is 12.7. The molecule has 0 bridgehead atoms. The normalized spacial score (nSPS) is 21.2. The molecule has 5 nitrogen and oxygen atoms in total. The number of ether oxygens (including phenoxy) is 1. The molecule has 1 aromatic rings. The number of fused-ring (bicyclic) bond motifs is 1. The lowest BCUT2D eigenvalue weighted by atomic mass is 9.99. The van der Waals surface area contributed by atoms with Gasteiger partial charge in [0.1, 0.15) is 11.3 Å². The number of nitrogens with zero attached hydrogens (tertiary/aromatic N) is 2. The Morgan fingerprint density at radius 3 is 2.86 bits per heavy atom. The van der Waals surface area contributed by atoms with E-state index in [1.807, 2.05) is 4.90 Å². The minimum Gasteiger partial charge on any atom is -0.496 e. The average Bonchev–Trinajstić information content (AvgIpc) is 2.96. The summed E-state index contributed by atoms with van der Waals surface area (Å²) < 4.78 is 7.05. The molecule has 3 rings (SSSR count). The SMILES string of the molecule is COc1cc(=O)n2c(c1C(=O)N1CCCC(C)C1)CCC2. The van der Waals surface area contributed by atoms with Crippen molar-refractivity contribution in [3.8, 4) is 5.75 Å². The van der Waals surface area contributed by atoms with Crippen LogP contribution in [-0.4, -0.2) is 35.6 Å². The number of piperidine rings is 1. The number of carbonyl (C=O) groups excluding carboxylic acids is 1. The van der Waals surface area contributed by atoms with Gasteiger partial charge in [0.15, 0.2) is 0 Å². The van der Waals surface area contributed by atoms with Crippen molar-refractivity contribution < 1.29 is 9.53 Å². The second kappa shape index (κ2) is 5.54. The largest absolute Gasteiger partial charge is 0.496 e. The van der Waals surface area contributed by atoms with Crippen molar-refractivity contribution in [1.82, 2.24) is 9.47 Å². The van der Waals surface area contributed by atoms with Crippen LogP contribution in [0.15, 0.2) is 10.9 Å². The maximum Gasteiger partial charge on any atom is 0.259 e. The summed E-state index contributed by atoms with van der Waals surface area (Å²) in [5.41, 5.74) is 1.38. The highest BCUT2D eigenvalue weighted by Gasteiger charge is 2.30. The Morgan fingerprint density at radius 1 is 1.33 bits per heavy atom. The Bertz CT molecular complexity index is 621. The van der Waals surface area contributed by atoms with Crippen molar-refractivity contribution in [2.45, 2.75) is 39.2 Å². The molecule has 1 unspecified atom stereocenters. The highest BCUT2D eigenvalue weighted by molar-refractivity contribution is 5.98. The summed E-state index contributed by atoms with van der Waals surface area (Å²) in [7, 11) is 1.52. The van der Waals surface area contributed by atoms with Gasteiger partial charge in [0.05, 0.1) is 7.11 Å². The number of amides is 1. The number of aromatic nitrogens is 1. The van der Waals surface area contributed by atoms with E-state index < -0.39 is 0 Å². The van der Waals surface area contributed by atoms with E-state index in [1.54, 1.807) is 4.57 Å². The number of methoxy groups -OCH3 is 1. The van der Waals surface area contributed by atoms with Crippen molar-refractivity contribution in [3.63, 3.8) is 0 Å². The van der Waals surface area contributed by atoms with Gasteiger partial charge in [-0.05, 0) is 31.6 Å². The van der Waals surface area contributed by atoms with E-state index in [2.05, 4.69) is 6.92 Å². The van der Waals surface area contributed by atoms with Gasteiger partial charge in [-0.25, -0.2) is 0 Å². The first-order valence-electron chi connectivity index (χ1n) is 7.71. The Morgan fingerprint density at radius 2 is 2.14 bits per heavy atom. The fourth-order valence-electron chi connectivity index (χ4n) is 3.50. The molecule has 0 aliphatic carbocycles. The lowest BCUT2D eigenvalue weighted by Gasteiger charge is -2.31. The van der Waals surface area contributed by atoms with Crippen LogP contribution < -0.4 is 10.3 Å². The standard InChI is InChI=1S/C16H22N2O3/c1-11-5-3-7-17(10-11)16(20)15-12-6-4-8-18(12)14(19)9-13(15)21-2/h9,11H,3-8,10H2,1-2H3. The predicted molar refractivity (Wildman–Crippen MR) is 79.9 cm³/mol. The van der Waals surface area contributed by atoms with E-state index in [0.29, 0.717) is 23.8 Å². The highest BCUT2D eigenvalue weighted by Crippen LogP contribution is 2.28. The molecule has 21 heavy (non-hydrogen) atoms. The van der Waals surface area contributed by atoms with E-state index in [0.717, 1.165) is 38.0 Å². The van der Waals surface area contributed by atoms with Crippen LogP contribution >= 0.6 is 0 Å². The number of hydrogen-bond donors (Lipinski definition) is 0. The van der Waals surface area contributed by atoms with Crippen molar-refractivity contribution >= 4 is 5.91 Å². The van der Waals surface area contributed by atoms with Crippen molar-refractivity contribution in [3.05, 3.63) is 27.7 Å². The predicted octanol–water partition coefficient (Wildman–Crippen LogP) is 1.68. The van der Waals surface area contributed by atoms with Crippen LogP contribution in [0.1, 0.15) is 42.2 Å². The Kier molecular flexibility index (Phi) is 3.74. The van der Waals surface area contributed by atoms with Crippen LogP contribution in [0.4, 0.5) is 0 Å². The quantitative estimate of drug-likeness (QED) is 0.832. The number of likely N-dealkylation sites (tertiary alicyclic amines) is 1. The molecule has 1 amide bonds. The third-order valence-corrected chi connectivity index (χ3v) is 4.55. The first-order chi connectivity index (χ1) is 10.1. The molecule has 3 heterocycles. The molecule has 0 N–H and O–H groups in total. The molecule has 1 saturated heterocycles. The van der Waals surface area contributed by atoms with Gasteiger partial charge in [-0.15, -0.1) is 0 Å². The minimum atomic E-state index is -0.0667. The average molecular weight is 290 g/mol. The molecule has 0 aromatic carbocycles. The van der Waals surface area contributed by atoms with E-state index in [-0.39, 0.29) is 11.5 Å². The van der Waals surface area contributed by atoms with Crippen LogP contribution in [0.3, 0.4) is 0 Å². The van der Waals surface area contributed by atoms with Crippen LogP contribution in [0.25, 0.3) is 0 Å². The van der Waals surface area contributed by atoms with Crippen molar-refractivity contribution in [2.75, 3.05) is 20.2 Å². The molecular formula is C16H22N2O3. The summed E-state index contributed by atoms with van der Waals surface area (Å²) in [5, 5.41) is 0. The Balaban J connectivity index is 2.03. The molecule has 2 aliphatic heterocycles. The first kappa shape index (κ1) is 14.2. The highest BCUT2D eigenvalue weighted by atomic mass is 16.5. The summed E-state index contributed by atoms with van der Waals surface area (Å²) in [6.45, 7) is 4.47. The maximum absolute atomic E-state index is 12.9. The zero-order chi connectivity index (χ0) is 15.0. The lowest BCUT2D eigenvalue weighted by molar-refractivity contribution is 0.0677. The molecule has 0 radical (unpaired) electrons. The van der Waals surface area contributed by atoms with Crippen LogP contribution in [-0.2, 0) is 13.0 Å². The van der Waals surface area contributed by atoms with Crippen molar-refractivity contribution in [2.24, 2.45) is 5.92 Å². The molecule has 5 heteroatoms. The molecule has 2 aliphatic rings. The smallest absolute Gasteiger partial charge is 0.259 e. The fourth-order valence-corrected chi connectivity index (χ4v) is 3.50. The summed E-state index contributed by atoms with van der Waals surface area (Å²) >= 11 is 0. The molecule has 0 saturated carbocycles. The molecular weight excluding hydrogens is 268 g/mol. The van der Waals surface area contributed by atoms with E-state index in [4.69, 9.17) is 4.74 Å². The monoisotopic (exact) mass is 290 g/mol. The molecule has 114 valence electrons. The molecule has 1 atom stereocenters. The van der Waals surface area contributed by atoms with Gasteiger partial charge in [0, 0.05) is 31.4 Å². The number of pyridine rings is 1. The fraction of sp³-hybridized carbons (Fsp3) is 0.625. The van der Waals surface area contributed by atoms with Crippen LogP contribution in [0, 0.1) is 5.92 Å². The molecule has 1 aromatic heterocycles. The second-order valence-corrected chi connectivity index (χ2v) is 6.13. The van der Waals surface area contributed by atoms with E-state index in [1.165, 1.54) is 19.6 Å². The number of carbonyl (C=O) groups is 1. The van der Waals surface area contributed by atoms with E-state index >= 15 is 0 Å². The van der Waals surface area contributed by atoms with Gasteiger partial charge < -0.3 is 14.2 Å². The zero-order valence-corrected chi connectivity index (χ0v) is 12.7. The summed E-state index contributed by atoms with van der Waals surface area (Å²) in [6.07, 6.45) is 3.91. The van der Waals surface area contributed by atoms with Crippen LogP contribution in [0.5, 0.6) is 5.75 Å². The third kappa shape index (κ3) is 2.45.